The Bertz CT molecular complexity index is 1400. The Balaban J connectivity index is 1.69. The lowest BCUT2D eigenvalue weighted by Crippen LogP contribution is -2.44. The summed E-state index contributed by atoms with van der Waals surface area (Å²) >= 11 is 3.58. The van der Waals surface area contributed by atoms with Crippen LogP contribution in [-0.2, 0) is 20.4 Å². The Labute approximate surface area is 235 Å². The van der Waals surface area contributed by atoms with Crippen LogP contribution >= 0.6 is 22.7 Å². The minimum atomic E-state index is -0.00631. The van der Waals surface area contributed by atoms with Gasteiger partial charge in [0.2, 0.25) is 0 Å². The summed E-state index contributed by atoms with van der Waals surface area (Å²) in [5.41, 5.74) is 8.33. The van der Waals surface area contributed by atoms with Gasteiger partial charge < -0.3 is 9.80 Å². The Hall–Kier alpha value is -2.18. The van der Waals surface area contributed by atoms with Crippen LogP contribution in [0.4, 0.5) is 0 Å². The van der Waals surface area contributed by atoms with Crippen molar-refractivity contribution in [1.82, 2.24) is 9.80 Å². The van der Waals surface area contributed by atoms with Crippen molar-refractivity contribution in [3.63, 3.8) is 0 Å². The van der Waals surface area contributed by atoms with Crippen molar-refractivity contribution in [2.75, 3.05) is 0 Å². The van der Waals surface area contributed by atoms with E-state index in [0.717, 1.165) is 21.1 Å². The van der Waals surface area contributed by atoms with Gasteiger partial charge in [0.25, 0.3) is 11.8 Å². The maximum absolute atomic E-state index is 14.4. The van der Waals surface area contributed by atoms with Gasteiger partial charge >= 0.3 is 0 Å². The summed E-state index contributed by atoms with van der Waals surface area (Å²) in [7, 11) is 0. The highest BCUT2D eigenvalue weighted by atomic mass is 32.1. The van der Waals surface area contributed by atoms with E-state index in [4.69, 9.17) is 0 Å². The first-order chi connectivity index (χ1) is 17.5. The summed E-state index contributed by atoms with van der Waals surface area (Å²) in [6, 6.07) is -0.0126. The molecule has 4 unspecified atom stereocenters. The van der Waals surface area contributed by atoms with Crippen molar-refractivity contribution in [3.8, 4) is 0 Å². The zero-order chi connectivity index (χ0) is 28.0. The molecule has 6 heteroatoms. The molecule has 0 fully saturated rings. The SMILES string of the molecule is Cc1c(C(C)(C)C)sc2c1C(C)C(C)N1C(=O)C3=C4c5sc(C(C)(C)C)c(C)c5C(C)C(C)N4C(=O)C3=C21. The van der Waals surface area contributed by atoms with E-state index in [1.165, 1.54) is 32.0 Å². The number of hydrogen-bond acceptors (Lipinski definition) is 4. The predicted molar refractivity (Wildman–Crippen MR) is 159 cm³/mol. The Morgan fingerprint density at radius 3 is 1.21 bits per heavy atom. The lowest BCUT2D eigenvalue weighted by molar-refractivity contribution is -0.125. The molecule has 202 valence electrons. The third kappa shape index (κ3) is 3.02. The van der Waals surface area contributed by atoms with Crippen molar-refractivity contribution >= 4 is 45.9 Å². The summed E-state index contributed by atoms with van der Waals surface area (Å²) in [5, 5.41) is 0. The van der Waals surface area contributed by atoms with Crippen molar-refractivity contribution in [2.24, 2.45) is 0 Å². The molecule has 38 heavy (non-hydrogen) atoms. The summed E-state index contributed by atoms with van der Waals surface area (Å²) in [5.74, 6) is 0.424. The Morgan fingerprint density at radius 1 is 0.605 bits per heavy atom. The molecule has 4 nitrogen and oxygen atoms in total. The van der Waals surface area contributed by atoms with Crippen molar-refractivity contribution in [3.05, 3.63) is 52.9 Å². The van der Waals surface area contributed by atoms with Gasteiger partial charge in [0.05, 0.1) is 32.3 Å². The van der Waals surface area contributed by atoms with Gasteiger partial charge in [-0.1, -0.05) is 55.4 Å². The molecule has 0 aromatic carbocycles. The van der Waals surface area contributed by atoms with E-state index in [2.05, 4.69) is 83.1 Å². The third-order valence-electron chi connectivity index (χ3n) is 9.42. The van der Waals surface area contributed by atoms with Gasteiger partial charge in [0.1, 0.15) is 0 Å². The number of hydrogen-bond donors (Lipinski definition) is 0. The molecule has 6 rings (SSSR count). The largest absolute Gasteiger partial charge is 0.303 e. The average molecular weight is 549 g/mol. The highest BCUT2D eigenvalue weighted by molar-refractivity contribution is 7.14. The van der Waals surface area contributed by atoms with Crippen LogP contribution in [0.15, 0.2) is 11.1 Å². The van der Waals surface area contributed by atoms with Gasteiger partial charge in [-0.2, -0.15) is 0 Å². The van der Waals surface area contributed by atoms with E-state index in [1.807, 2.05) is 9.80 Å². The van der Waals surface area contributed by atoms with Gasteiger partial charge in [0.15, 0.2) is 0 Å². The summed E-state index contributed by atoms with van der Waals surface area (Å²) in [6.07, 6.45) is 0. The number of nitrogens with zero attached hydrogens (tertiary/aromatic N) is 2. The number of thiophene rings is 2. The third-order valence-corrected chi connectivity index (χ3v) is 12.9. The quantitative estimate of drug-likeness (QED) is 0.336. The maximum atomic E-state index is 14.4. The molecule has 2 aromatic heterocycles. The molecule has 0 radical (unpaired) electrons. The van der Waals surface area contributed by atoms with Gasteiger partial charge in [0, 0.05) is 33.7 Å². The van der Waals surface area contributed by atoms with E-state index in [-0.39, 0.29) is 46.6 Å². The van der Waals surface area contributed by atoms with E-state index in [9.17, 15) is 9.59 Å². The minimum absolute atomic E-state index is 0.00286. The first kappa shape index (κ1) is 26.1. The second-order valence-corrected chi connectivity index (χ2v) is 16.0. The van der Waals surface area contributed by atoms with Crippen LogP contribution in [0.1, 0.15) is 123 Å². The fraction of sp³-hybridized carbons (Fsp3) is 0.562. The smallest absolute Gasteiger partial charge is 0.261 e. The Morgan fingerprint density at radius 2 is 0.921 bits per heavy atom. The van der Waals surface area contributed by atoms with Crippen molar-refractivity contribution in [1.29, 1.82) is 0 Å². The monoisotopic (exact) mass is 548 g/mol. The second-order valence-electron chi connectivity index (χ2n) is 14.0. The molecule has 6 heterocycles. The zero-order valence-corrected chi connectivity index (χ0v) is 26.5. The normalized spacial score (nSPS) is 26.7. The van der Waals surface area contributed by atoms with Gasteiger partial charge in [-0.05, 0) is 60.8 Å². The molecule has 4 aliphatic rings. The first-order valence-electron chi connectivity index (χ1n) is 13.9. The number of fused-ring (bicyclic) bond motifs is 7. The number of rotatable bonds is 0. The van der Waals surface area contributed by atoms with E-state index in [0.29, 0.717) is 11.1 Å². The van der Waals surface area contributed by atoms with E-state index in [1.54, 1.807) is 22.7 Å². The van der Waals surface area contributed by atoms with E-state index >= 15 is 0 Å². The predicted octanol–water partition coefficient (Wildman–Crippen LogP) is 7.84. The first-order valence-corrected chi connectivity index (χ1v) is 15.6. The summed E-state index contributed by atoms with van der Waals surface area (Å²) in [6.45, 7) is 26.8. The molecular weight excluding hydrogens is 508 g/mol. The molecule has 2 amide bonds. The molecule has 4 atom stereocenters. The van der Waals surface area contributed by atoms with Gasteiger partial charge in [-0.25, -0.2) is 0 Å². The molecule has 2 aromatic rings. The van der Waals surface area contributed by atoms with E-state index < -0.39 is 0 Å². The van der Waals surface area contributed by atoms with Crippen LogP contribution in [0.2, 0.25) is 0 Å². The molecule has 0 saturated heterocycles. The lowest BCUT2D eigenvalue weighted by Gasteiger charge is -2.40. The van der Waals surface area contributed by atoms with Crippen molar-refractivity contribution in [2.45, 2.75) is 118 Å². The highest BCUT2D eigenvalue weighted by Gasteiger charge is 2.57. The van der Waals surface area contributed by atoms with Crippen LogP contribution in [0.5, 0.6) is 0 Å². The molecule has 0 N–H and O–H groups in total. The minimum Gasteiger partial charge on any atom is -0.303 e. The van der Waals surface area contributed by atoms with Crippen LogP contribution in [-0.4, -0.2) is 33.7 Å². The standard InChI is InChI=1S/C32H40N2O2S2/c1-13-17(5)33-23(25-19(13)15(3)27(37-25)31(7,8)9)21-22(29(33)35)24-26-20(14(2)18(6)34(24)30(21)36)16(4)28(38-26)32(10,11)12/h13-14,17-18H,1-12H3. The second kappa shape index (κ2) is 7.72. The van der Waals surface area contributed by atoms with Crippen LogP contribution in [0.25, 0.3) is 11.4 Å². The molecule has 0 bridgehead atoms. The van der Waals surface area contributed by atoms with Crippen molar-refractivity contribution < 1.29 is 9.59 Å². The zero-order valence-electron chi connectivity index (χ0n) is 24.8. The highest BCUT2D eigenvalue weighted by Crippen LogP contribution is 2.59. The molecule has 4 aliphatic heterocycles. The lowest BCUT2D eigenvalue weighted by atomic mass is 9.82. The van der Waals surface area contributed by atoms with Gasteiger partial charge in [-0.3, -0.25) is 9.59 Å². The van der Waals surface area contributed by atoms with Crippen LogP contribution in [0, 0.1) is 13.8 Å². The van der Waals surface area contributed by atoms with Crippen LogP contribution in [0.3, 0.4) is 0 Å². The molecular formula is C32H40N2O2S2. The number of carbonyl (C=O) groups excluding carboxylic acids is 2. The fourth-order valence-corrected chi connectivity index (χ4v) is 10.5. The summed E-state index contributed by atoms with van der Waals surface area (Å²) < 4.78 is 0. The summed E-state index contributed by atoms with van der Waals surface area (Å²) in [4.78, 5) is 37.7. The fourth-order valence-electron chi connectivity index (χ4n) is 7.42. The number of amides is 2. The van der Waals surface area contributed by atoms with Crippen LogP contribution < -0.4 is 0 Å². The van der Waals surface area contributed by atoms with Gasteiger partial charge in [-0.15, -0.1) is 22.7 Å². The Kier molecular flexibility index (Phi) is 5.30. The maximum Gasteiger partial charge on any atom is 0.261 e. The average Bonchev–Trinajstić information content (AvgIpc) is 3.50. The molecule has 0 spiro atoms. The molecule has 0 saturated carbocycles. The topological polar surface area (TPSA) is 40.6 Å². The number of carbonyl (C=O) groups is 2. The molecule has 0 aliphatic carbocycles.